The van der Waals surface area contributed by atoms with Crippen LogP contribution in [0.5, 0.6) is 0 Å². The van der Waals surface area contributed by atoms with Crippen molar-refractivity contribution >= 4 is 17.6 Å². The number of aromatic amines is 1. The topological polar surface area (TPSA) is 83.7 Å². The Bertz CT molecular complexity index is 845. The smallest absolute Gasteiger partial charge is 0.340 e. The first-order chi connectivity index (χ1) is 13.9. The van der Waals surface area contributed by atoms with E-state index in [2.05, 4.69) is 47.2 Å². The normalized spacial score (nSPS) is 10.7. The lowest BCUT2D eigenvalue weighted by Gasteiger charge is -2.23. The van der Waals surface area contributed by atoms with Gasteiger partial charge < -0.3 is 24.7 Å². The lowest BCUT2D eigenvalue weighted by Crippen LogP contribution is -2.35. The third-order valence-corrected chi connectivity index (χ3v) is 4.81. The Labute approximate surface area is 172 Å². The predicted octanol–water partition coefficient (Wildman–Crippen LogP) is 3.00. The zero-order valence-electron chi connectivity index (χ0n) is 17.9. The van der Waals surface area contributed by atoms with Gasteiger partial charge in [0.15, 0.2) is 0 Å². The van der Waals surface area contributed by atoms with Crippen LogP contribution in [0.1, 0.15) is 44.6 Å². The fourth-order valence-corrected chi connectivity index (χ4v) is 3.26. The highest BCUT2D eigenvalue weighted by atomic mass is 16.6. The maximum absolute atomic E-state index is 12.6. The number of methoxy groups -OCH3 is 1. The van der Waals surface area contributed by atoms with Crippen LogP contribution in [0.15, 0.2) is 24.3 Å². The highest BCUT2D eigenvalue weighted by molar-refractivity contribution is 6.00. The second-order valence-electron chi connectivity index (χ2n) is 6.93. The fourth-order valence-electron chi connectivity index (χ4n) is 3.26. The van der Waals surface area contributed by atoms with Gasteiger partial charge in [-0.15, -0.1) is 0 Å². The van der Waals surface area contributed by atoms with Crippen LogP contribution in [0, 0.1) is 20.8 Å². The van der Waals surface area contributed by atoms with E-state index in [9.17, 15) is 9.59 Å². The number of rotatable bonds is 10. The maximum Gasteiger partial charge on any atom is 0.340 e. The van der Waals surface area contributed by atoms with Crippen molar-refractivity contribution in [2.75, 3.05) is 44.9 Å². The summed E-state index contributed by atoms with van der Waals surface area (Å²) in [4.78, 5) is 30.2. The second-order valence-corrected chi connectivity index (χ2v) is 6.93. The molecule has 0 saturated heterocycles. The van der Waals surface area contributed by atoms with Gasteiger partial charge in [-0.2, -0.15) is 0 Å². The molecule has 7 heteroatoms. The molecule has 29 heavy (non-hydrogen) atoms. The summed E-state index contributed by atoms with van der Waals surface area (Å²) in [5.74, 6) is -0.689. The van der Waals surface area contributed by atoms with Gasteiger partial charge in [0.1, 0.15) is 12.3 Å². The van der Waals surface area contributed by atoms with Gasteiger partial charge in [-0.1, -0.05) is 12.1 Å². The van der Waals surface area contributed by atoms with Crippen LogP contribution in [0.3, 0.4) is 0 Å². The summed E-state index contributed by atoms with van der Waals surface area (Å²) < 4.78 is 10.1. The monoisotopic (exact) mass is 401 g/mol. The number of likely N-dealkylation sites (N-methyl/N-ethyl adjacent to an activating group) is 1. The number of esters is 1. The van der Waals surface area contributed by atoms with Crippen LogP contribution >= 0.6 is 0 Å². The Morgan fingerprint density at radius 1 is 1.17 bits per heavy atom. The van der Waals surface area contributed by atoms with Crippen molar-refractivity contribution in [2.45, 2.75) is 27.7 Å². The number of carbonyl (C=O) groups excluding carboxylic acids is 2. The molecule has 0 unspecified atom stereocenters. The quantitative estimate of drug-likeness (QED) is 0.472. The molecule has 7 nitrogen and oxygen atoms in total. The van der Waals surface area contributed by atoms with E-state index in [1.807, 2.05) is 6.07 Å². The zero-order chi connectivity index (χ0) is 21.4. The molecule has 2 rings (SSSR count). The van der Waals surface area contributed by atoms with Crippen LogP contribution in [0.2, 0.25) is 0 Å². The predicted molar refractivity (Wildman–Crippen MR) is 114 cm³/mol. The van der Waals surface area contributed by atoms with E-state index in [1.165, 1.54) is 5.56 Å². The van der Waals surface area contributed by atoms with Crippen molar-refractivity contribution in [1.82, 2.24) is 10.3 Å². The number of hydrogen-bond acceptors (Lipinski definition) is 5. The highest BCUT2D eigenvalue weighted by Crippen LogP contribution is 2.19. The Morgan fingerprint density at radius 2 is 1.93 bits per heavy atom. The summed E-state index contributed by atoms with van der Waals surface area (Å²) in [6.07, 6.45) is 0. The van der Waals surface area contributed by atoms with Gasteiger partial charge in [-0.25, -0.2) is 4.79 Å². The SMILES string of the molecule is CCN(CCNC(=O)c1[nH]c(C)c(C(=O)OCCOC)c1C)c1cccc(C)c1. The molecule has 0 fully saturated rings. The number of carbonyl (C=O) groups is 2. The lowest BCUT2D eigenvalue weighted by atomic mass is 10.1. The van der Waals surface area contributed by atoms with Crippen molar-refractivity contribution in [3.63, 3.8) is 0 Å². The zero-order valence-corrected chi connectivity index (χ0v) is 17.9. The second kappa shape index (κ2) is 10.7. The molecule has 0 aliphatic carbocycles. The first-order valence-corrected chi connectivity index (χ1v) is 9.84. The van der Waals surface area contributed by atoms with Crippen LogP contribution < -0.4 is 10.2 Å². The molecule has 0 aliphatic rings. The summed E-state index contributed by atoms with van der Waals surface area (Å²) >= 11 is 0. The number of aromatic nitrogens is 1. The van der Waals surface area contributed by atoms with E-state index in [4.69, 9.17) is 9.47 Å². The molecule has 0 bridgehead atoms. The molecule has 0 radical (unpaired) electrons. The fraction of sp³-hybridized carbons (Fsp3) is 0.455. The van der Waals surface area contributed by atoms with E-state index in [1.54, 1.807) is 21.0 Å². The van der Waals surface area contributed by atoms with Crippen molar-refractivity contribution in [1.29, 1.82) is 0 Å². The average molecular weight is 402 g/mol. The van der Waals surface area contributed by atoms with Gasteiger partial charge in [0.2, 0.25) is 0 Å². The minimum absolute atomic E-state index is 0.173. The largest absolute Gasteiger partial charge is 0.460 e. The molecular weight excluding hydrogens is 370 g/mol. The van der Waals surface area contributed by atoms with Crippen molar-refractivity contribution in [3.8, 4) is 0 Å². The number of H-pyrrole nitrogens is 1. The Hall–Kier alpha value is -2.80. The van der Waals surface area contributed by atoms with Gasteiger partial charge in [0.25, 0.3) is 5.91 Å². The van der Waals surface area contributed by atoms with Crippen LogP contribution in [-0.4, -0.2) is 56.8 Å². The standard InChI is InChI=1S/C22H31N3O4/c1-6-25(18-9-7-8-15(2)14-18)11-10-23-21(26)20-16(3)19(17(4)24-20)22(27)29-13-12-28-5/h7-9,14,24H,6,10-13H2,1-5H3,(H,23,26). The first kappa shape index (κ1) is 22.5. The Balaban J connectivity index is 1.98. The average Bonchev–Trinajstić information content (AvgIpc) is 2.99. The molecule has 0 spiro atoms. The van der Waals surface area contributed by atoms with E-state index in [-0.39, 0.29) is 12.5 Å². The van der Waals surface area contributed by atoms with Gasteiger partial charge in [-0.05, 0) is 51.0 Å². The minimum atomic E-state index is -0.455. The summed E-state index contributed by atoms with van der Waals surface area (Å²) in [5, 5.41) is 2.94. The molecule has 1 amide bonds. The molecule has 0 saturated carbocycles. The molecular formula is C22H31N3O4. The molecule has 1 heterocycles. The number of nitrogens with zero attached hydrogens (tertiary/aromatic N) is 1. The van der Waals surface area contributed by atoms with Gasteiger partial charge in [-0.3, -0.25) is 4.79 Å². The van der Waals surface area contributed by atoms with Crippen LogP contribution in [0.4, 0.5) is 5.69 Å². The third-order valence-electron chi connectivity index (χ3n) is 4.81. The Kier molecular flexibility index (Phi) is 8.27. The molecule has 2 aromatic rings. The van der Waals surface area contributed by atoms with Gasteiger partial charge >= 0.3 is 5.97 Å². The molecule has 0 atom stereocenters. The third kappa shape index (κ3) is 5.84. The summed E-state index contributed by atoms with van der Waals surface area (Å²) in [7, 11) is 1.54. The number of ether oxygens (including phenoxy) is 2. The number of amides is 1. The summed E-state index contributed by atoms with van der Waals surface area (Å²) in [5.41, 5.74) is 4.33. The number of anilines is 1. The highest BCUT2D eigenvalue weighted by Gasteiger charge is 2.23. The van der Waals surface area contributed by atoms with Crippen molar-refractivity contribution < 1.29 is 19.1 Å². The minimum Gasteiger partial charge on any atom is -0.460 e. The number of nitrogens with one attached hydrogen (secondary N) is 2. The first-order valence-electron chi connectivity index (χ1n) is 9.84. The molecule has 0 aliphatic heterocycles. The van der Waals surface area contributed by atoms with Gasteiger partial charge in [0.05, 0.1) is 12.2 Å². The summed E-state index contributed by atoms with van der Waals surface area (Å²) in [6.45, 7) is 10.2. The maximum atomic E-state index is 12.6. The number of hydrogen-bond donors (Lipinski definition) is 2. The number of benzene rings is 1. The molecule has 1 aromatic heterocycles. The van der Waals surface area contributed by atoms with Crippen molar-refractivity contribution in [3.05, 3.63) is 52.3 Å². The molecule has 1 aromatic carbocycles. The van der Waals surface area contributed by atoms with E-state index < -0.39 is 5.97 Å². The van der Waals surface area contributed by atoms with Crippen LogP contribution in [-0.2, 0) is 9.47 Å². The van der Waals surface area contributed by atoms with Crippen molar-refractivity contribution in [2.24, 2.45) is 0 Å². The lowest BCUT2D eigenvalue weighted by molar-refractivity contribution is 0.0387. The molecule has 158 valence electrons. The van der Waals surface area contributed by atoms with Crippen LogP contribution in [0.25, 0.3) is 0 Å². The number of aryl methyl sites for hydroxylation is 2. The summed E-state index contributed by atoms with van der Waals surface area (Å²) in [6, 6.07) is 8.29. The van der Waals surface area contributed by atoms with E-state index in [0.29, 0.717) is 42.2 Å². The molecule has 2 N–H and O–H groups in total. The van der Waals surface area contributed by atoms with Gasteiger partial charge in [0, 0.05) is 38.1 Å². The van der Waals surface area contributed by atoms with E-state index in [0.717, 1.165) is 12.2 Å². The van der Waals surface area contributed by atoms with E-state index >= 15 is 0 Å². The Morgan fingerprint density at radius 3 is 2.59 bits per heavy atom.